The SMILES string of the molecule is CCCCCCCCC(CCCCCC)C(=S)Nc1c(SCC)ncnc1SCC. The first kappa shape index (κ1) is 27.7. The molecule has 1 atom stereocenters. The maximum atomic E-state index is 5.96. The van der Waals surface area contributed by atoms with Crippen LogP contribution in [-0.2, 0) is 0 Å². The highest BCUT2D eigenvalue weighted by Gasteiger charge is 2.19. The van der Waals surface area contributed by atoms with Gasteiger partial charge in [-0.1, -0.05) is 104 Å². The second kappa shape index (κ2) is 18.3. The summed E-state index contributed by atoms with van der Waals surface area (Å²) >= 11 is 9.48. The molecule has 0 aliphatic rings. The first-order valence-electron chi connectivity index (χ1n) is 12.1. The predicted octanol–water partition coefficient (Wildman–Crippen LogP) is 8.78. The summed E-state index contributed by atoms with van der Waals surface area (Å²) in [6.45, 7) is 8.88. The number of nitrogens with one attached hydrogen (secondary N) is 1. The van der Waals surface area contributed by atoms with Crippen LogP contribution in [0.1, 0.15) is 105 Å². The Hall–Kier alpha value is -0.330. The van der Waals surface area contributed by atoms with Gasteiger partial charge in [-0.25, -0.2) is 9.97 Å². The smallest absolute Gasteiger partial charge is 0.124 e. The molecule has 0 saturated heterocycles. The minimum absolute atomic E-state index is 0.460. The van der Waals surface area contributed by atoms with E-state index in [1.54, 1.807) is 29.9 Å². The van der Waals surface area contributed by atoms with E-state index in [4.69, 9.17) is 12.2 Å². The lowest BCUT2D eigenvalue weighted by molar-refractivity contribution is 0.491. The first-order valence-corrected chi connectivity index (χ1v) is 14.5. The van der Waals surface area contributed by atoms with E-state index in [-0.39, 0.29) is 0 Å². The number of anilines is 1. The second-order valence-electron chi connectivity index (χ2n) is 7.82. The van der Waals surface area contributed by atoms with Crippen molar-refractivity contribution >= 4 is 46.4 Å². The molecule has 1 N–H and O–H groups in total. The molecular weight excluding hydrogens is 426 g/mol. The summed E-state index contributed by atoms with van der Waals surface area (Å²) in [5, 5.41) is 5.66. The standard InChI is InChI=1S/C24H43N3S3/c1-5-9-11-13-14-16-18-20(17-15-12-10-6-2)22(28)27-21-23(29-7-3)25-19-26-24(21)30-8-4/h19-20H,5-18H2,1-4H3,(H,27,28). The first-order chi connectivity index (χ1) is 14.7. The van der Waals surface area contributed by atoms with Crippen LogP contribution in [0, 0.1) is 5.92 Å². The maximum absolute atomic E-state index is 5.96. The van der Waals surface area contributed by atoms with Gasteiger partial charge in [0.1, 0.15) is 22.1 Å². The van der Waals surface area contributed by atoms with E-state index < -0.39 is 0 Å². The summed E-state index contributed by atoms with van der Waals surface area (Å²) in [6, 6.07) is 0. The zero-order chi connectivity index (χ0) is 22.0. The zero-order valence-corrected chi connectivity index (χ0v) is 22.1. The van der Waals surface area contributed by atoms with E-state index in [0.717, 1.165) is 32.2 Å². The average Bonchev–Trinajstić information content (AvgIpc) is 2.74. The molecule has 0 saturated carbocycles. The van der Waals surface area contributed by atoms with Crippen LogP contribution >= 0.6 is 35.7 Å². The van der Waals surface area contributed by atoms with Gasteiger partial charge in [0.25, 0.3) is 0 Å². The molecule has 0 bridgehead atoms. The van der Waals surface area contributed by atoms with Crippen LogP contribution in [0.15, 0.2) is 16.4 Å². The molecule has 0 spiro atoms. The van der Waals surface area contributed by atoms with Crippen molar-refractivity contribution in [2.45, 2.75) is 115 Å². The van der Waals surface area contributed by atoms with E-state index >= 15 is 0 Å². The number of rotatable bonds is 18. The van der Waals surface area contributed by atoms with Crippen molar-refractivity contribution < 1.29 is 0 Å². The van der Waals surface area contributed by atoms with Crippen LogP contribution in [-0.4, -0.2) is 26.5 Å². The molecule has 6 heteroatoms. The molecule has 1 aromatic rings. The lowest BCUT2D eigenvalue weighted by Crippen LogP contribution is -2.22. The minimum Gasteiger partial charge on any atom is -0.345 e. The van der Waals surface area contributed by atoms with Gasteiger partial charge in [-0.3, -0.25) is 0 Å². The zero-order valence-electron chi connectivity index (χ0n) is 19.7. The number of hydrogen-bond acceptors (Lipinski definition) is 5. The van der Waals surface area contributed by atoms with Crippen molar-refractivity contribution in [3.63, 3.8) is 0 Å². The average molecular weight is 470 g/mol. The molecule has 172 valence electrons. The van der Waals surface area contributed by atoms with E-state index in [1.807, 2.05) is 0 Å². The summed E-state index contributed by atoms with van der Waals surface area (Å²) in [6.07, 6.45) is 17.3. The molecule has 0 aromatic carbocycles. The molecule has 0 radical (unpaired) electrons. The number of thiocarbonyl (C=S) groups is 1. The van der Waals surface area contributed by atoms with E-state index in [2.05, 4.69) is 43.0 Å². The van der Waals surface area contributed by atoms with Crippen molar-refractivity contribution in [1.82, 2.24) is 9.97 Å². The second-order valence-corrected chi connectivity index (χ2v) is 10.8. The molecule has 1 aromatic heterocycles. The van der Waals surface area contributed by atoms with E-state index in [0.29, 0.717) is 5.92 Å². The Morgan fingerprint density at radius 2 is 1.27 bits per heavy atom. The third-order valence-electron chi connectivity index (χ3n) is 5.27. The van der Waals surface area contributed by atoms with Gasteiger partial charge in [0.2, 0.25) is 0 Å². The highest BCUT2D eigenvalue weighted by atomic mass is 32.2. The fourth-order valence-electron chi connectivity index (χ4n) is 3.57. The molecule has 0 amide bonds. The van der Waals surface area contributed by atoms with E-state index in [9.17, 15) is 0 Å². The van der Waals surface area contributed by atoms with Gasteiger partial charge < -0.3 is 5.32 Å². The number of hydrogen-bond donors (Lipinski definition) is 1. The lowest BCUT2D eigenvalue weighted by atomic mass is 9.94. The topological polar surface area (TPSA) is 37.8 Å². The molecule has 1 rings (SSSR count). The Balaban J connectivity index is 2.78. The molecule has 0 aliphatic heterocycles. The van der Waals surface area contributed by atoms with Gasteiger partial charge in [-0.2, -0.15) is 0 Å². The van der Waals surface area contributed by atoms with Gasteiger partial charge >= 0.3 is 0 Å². The van der Waals surface area contributed by atoms with Crippen molar-refractivity contribution in [3.8, 4) is 0 Å². The molecular formula is C24H43N3S3. The molecule has 0 aliphatic carbocycles. The fourth-order valence-corrected chi connectivity index (χ4v) is 5.35. The van der Waals surface area contributed by atoms with Gasteiger partial charge in [0.15, 0.2) is 0 Å². The number of nitrogens with zero attached hydrogens (tertiary/aromatic N) is 2. The van der Waals surface area contributed by atoms with Crippen LogP contribution in [0.2, 0.25) is 0 Å². The van der Waals surface area contributed by atoms with Crippen molar-refractivity contribution in [3.05, 3.63) is 6.33 Å². The van der Waals surface area contributed by atoms with Crippen molar-refractivity contribution in [2.24, 2.45) is 5.92 Å². The highest BCUT2D eigenvalue weighted by Crippen LogP contribution is 2.34. The Morgan fingerprint density at radius 1 is 0.800 bits per heavy atom. The summed E-state index contributed by atoms with van der Waals surface area (Å²) < 4.78 is 0. The third-order valence-corrected chi connectivity index (χ3v) is 7.45. The number of thioether (sulfide) groups is 2. The predicted molar refractivity (Wildman–Crippen MR) is 141 cm³/mol. The van der Waals surface area contributed by atoms with Crippen molar-refractivity contribution in [2.75, 3.05) is 16.8 Å². The Labute approximate surface area is 199 Å². The third kappa shape index (κ3) is 11.3. The number of aromatic nitrogens is 2. The van der Waals surface area contributed by atoms with Crippen LogP contribution < -0.4 is 5.32 Å². The summed E-state index contributed by atoms with van der Waals surface area (Å²) in [4.78, 5) is 10.1. The van der Waals surface area contributed by atoms with Crippen LogP contribution in [0.25, 0.3) is 0 Å². The highest BCUT2D eigenvalue weighted by molar-refractivity contribution is 8.00. The Kier molecular flexibility index (Phi) is 16.9. The summed E-state index contributed by atoms with van der Waals surface area (Å²) in [5.74, 6) is 2.45. The Bertz CT molecular complexity index is 557. The molecule has 3 nitrogen and oxygen atoms in total. The van der Waals surface area contributed by atoms with Crippen molar-refractivity contribution in [1.29, 1.82) is 0 Å². The van der Waals surface area contributed by atoms with Crippen LogP contribution in [0.3, 0.4) is 0 Å². The quantitative estimate of drug-likeness (QED) is 0.100. The summed E-state index contributed by atoms with van der Waals surface area (Å²) in [7, 11) is 0. The molecule has 1 heterocycles. The summed E-state index contributed by atoms with van der Waals surface area (Å²) in [5.41, 5.74) is 1.03. The Morgan fingerprint density at radius 3 is 1.77 bits per heavy atom. The minimum atomic E-state index is 0.460. The normalized spacial score (nSPS) is 12.1. The van der Waals surface area contributed by atoms with Crippen LogP contribution in [0.4, 0.5) is 5.69 Å². The fraction of sp³-hybridized carbons (Fsp3) is 0.792. The van der Waals surface area contributed by atoms with Gasteiger partial charge in [0.05, 0.1) is 4.99 Å². The van der Waals surface area contributed by atoms with Gasteiger partial charge in [-0.05, 0) is 24.3 Å². The van der Waals surface area contributed by atoms with Crippen LogP contribution in [0.5, 0.6) is 0 Å². The largest absolute Gasteiger partial charge is 0.345 e. The monoisotopic (exact) mass is 469 g/mol. The molecule has 0 fully saturated rings. The maximum Gasteiger partial charge on any atom is 0.124 e. The van der Waals surface area contributed by atoms with Gasteiger partial charge in [0, 0.05) is 5.92 Å². The number of unbranched alkanes of at least 4 members (excludes halogenated alkanes) is 8. The lowest BCUT2D eigenvalue weighted by Gasteiger charge is -2.21. The van der Waals surface area contributed by atoms with Gasteiger partial charge in [-0.15, -0.1) is 23.5 Å². The molecule has 30 heavy (non-hydrogen) atoms. The molecule has 1 unspecified atom stereocenters. The van der Waals surface area contributed by atoms with E-state index in [1.165, 1.54) is 77.0 Å².